The lowest BCUT2D eigenvalue weighted by Crippen LogP contribution is -2.55. The second kappa shape index (κ2) is 12.3. The molecule has 4 rings (SSSR count). The number of benzene rings is 2. The van der Waals surface area contributed by atoms with Gasteiger partial charge in [0.15, 0.2) is 6.10 Å². The van der Waals surface area contributed by atoms with Crippen molar-refractivity contribution in [1.82, 2.24) is 15.5 Å². The molecular formula is C27H31F2N5O6. The fraction of sp³-hybridized carbons (Fsp3) is 0.407. The van der Waals surface area contributed by atoms with Crippen LogP contribution in [-0.2, 0) is 30.4 Å². The molecule has 2 aliphatic heterocycles. The number of halogens is 2. The van der Waals surface area contributed by atoms with Crippen LogP contribution in [0.25, 0.3) is 0 Å². The van der Waals surface area contributed by atoms with E-state index in [0.717, 1.165) is 18.2 Å². The number of nitrogens with one attached hydrogen (secondary N) is 3. The van der Waals surface area contributed by atoms with Gasteiger partial charge in [-0.2, -0.15) is 0 Å². The monoisotopic (exact) mass is 559 g/mol. The van der Waals surface area contributed by atoms with E-state index in [4.69, 9.17) is 15.2 Å². The predicted molar refractivity (Wildman–Crippen MR) is 140 cm³/mol. The number of carbonyl (C=O) groups excluding carboxylic acids is 4. The third kappa shape index (κ3) is 6.14. The molecule has 2 aromatic carbocycles. The van der Waals surface area contributed by atoms with E-state index in [-0.39, 0.29) is 12.5 Å². The number of para-hydroxylation sites is 1. The maximum atomic E-state index is 14.4. The van der Waals surface area contributed by atoms with Gasteiger partial charge in [-0.05, 0) is 61.1 Å². The van der Waals surface area contributed by atoms with Crippen molar-refractivity contribution in [3.05, 3.63) is 59.2 Å². The van der Waals surface area contributed by atoms with E-state index in [1.54, 1.807) is 12.1 Å². The summed E-state index contributed by atoms with van der Waals surface area (Å²) in [6.45, 7) is 2.08. The number of amides is 4. The fourth-order valence-electron chi connectivity index (χ4n) is 4.90. The molecule has 11 nitrogen and oxygen atoms in total. The molecule has 2 unspecified atom stereocenters. The summed E-state index contributed by atoms with van der Waals surface area (Å²) in [5.41, 5.74) is 6.67. The molecule has 0 saturated carbocycles. The van der Waals surface area contributed by atoms with Gasteiger partial charge in [0.2, 0.25) is 5.91 Å². The van der Waals surface area contributed by atoms with E-state index in [9.17, 15) is 28.0 Å². The lowest BCUT2D eigenvalue weighted by Gasteiger charge is -2.35. The number of alkyl carbamates (subject to hydrolysis) is 1. The number of nitrogens with two attached hydrogens (primary N) is 1. The molecule has 3 atom stereocenters. The predicted octanol–water partition coefficient (Wildman–Crippen LogP) is 2.22. The molecule has 2 aliphatic rings. The van der Waals surface area contributed by atoms with Gasteiger partial charge in [0.1, 0.15) is 29.4 Å². The molecule has 0 radical (unpaired) electrons. The summed E-state index contributed by atoms with van der Waals surface area (Å²) < 4.78 is 39.2. The van der Waals surface area contributed by atoms with Gasteiger partial charge >= 0.3 is 6.09 Å². The van der Waals surface area contributed by atoms with E-state index in [1.807, 2.05) is 0 Å². The SMILES string of the molecule is CNC(=O)OC(C)C(=O)NC(C(=O)N1Cc2ccc(N)cc2[C@H]1C(=O)Nc1c(F)cccc1F)C1CCOCC1. The number of nitrogens with zero attached hydrogens (tertiary/aromatic N) is 1. The zero-order valence-electron chi connectivity index (χ0n) is 22.0. The lowest BCUT2D eigenvalue weighted by molar-refractivity contribution is -0.145. The van der Waals surface area contributed by atoms with Crippen molar-refractivity contribution in [3.8, 4) is 0 Å². The second-order valence-electron chi connectivity index (χ2n) is 9.65. The van der Waals surface area contributed by atoms with Gasteiger partial charge in [0, 0.05) is 32.5 Å². The molecule has 40 heavy (non-hydrogen) atoms. The normalized spacial score (nSPS) is 18.3. The van der Waals surface area contributed by atoms with Crippen molar-refractivity contribution in [2.45, 2.75) is 44.5 Å². The van der Waals surface area contributed by atoms with E-state index in [2.05, 4.69) is 16.0 Å². The number of hydrogen-bond acceptors (Lipinski definition) is 7. The Morgan fingerprint density at radius 2 is 1.77 bits per heavy atom. The molecule has 0 aromatic heterocycles. The Bertz CT molecular complexity index is 1280. The van der Waals surface area contributed by atoms with Crippen LogP contribution >= 0.6 is 0 Å². The van der Waals surface area contributed by atoms with Gasteiger partial charge in [-0.25, -0.2) is 13.6 Å². The van der Waals surface area contributed by atoms with Crippen molar-refractivity contribution in [2.75, 3.05) is 31.3 Å². The summed E-state index contributed by atoms with van der Waals surface area (Å²) in [6, 6.07) is 5.60. The molecule has 5 N–H and O–H groups in total. The van der Waals surface area contributed by atoms with E-state index < -0.39 is 59.3 Å². The number of anilines is 2. The van der Waals surface area contributed by atoms with Crippen molar-refractivity contribution in [1.29, 1.82) is 0 Å². The average molecular weight is 560 g/mol. The number of hydrogen-bond donors (Lipinski definition) is 4. The molecule has 13 heteroatoms. The minimum absolute atomic E-state index is 0.00777. The molecule has 2 aromatic rings. The maximum Gasteiger partial charge on any atom is 0.407 e. The molecule has 2 heterocycles. The zero-order chi connectivity index (χ0) is 29.0. The van der Waals surface area contributed by atoms with Crippen molar-refractivity contribution in [3.63, 3.8) is 0 Å². The van der Waals surface area contributed by atoms with Crippen molar-refractivity contribution >= 4 is 35.2 Å². The summed E-state index contributed by atoms with van der Waals surface area (Å²) in [5, 5.41) is 7.22. The highest BCUT2D eigenvalue weighted by Crippen LogP contribution is 2.38. The first-order valence-corrected chi connectivity index (χ1v) is 12.8. The summed E-state index contributed by atoms with van der Waals surface area (Å²) in [5.74, 6) is -4.45. The Labute approximate surface area is 229 Å². The van der Waals surface area contributed by atoms with Crippen LogP contribution in [0.4, 0.5) is 25.0 Å². The number of fused-ring (bicyclic) bond motifs is 1. The third-order valence-corrected chi connectivity index (χ3v) is 7.02. The molecular weight excluding hydrogens is 528 g/mol. The molecule has 4 amide bonds. The summed E-state index contributed by atoms with van der Waals surface area (Å²) in [4.78, 5) is 53.5. The highest BCUT2D eigenvalue weighted by molar-refractivity contribution is 6.00. The topological polar surface area (TPSA) is 152 Å². The van der Waals surface area contributed by atoms with Crippen LogP contribution in [0.15, 0.2) is 36.4 Å². The van der Waals surface area contributed by atoms with Crippen LogP contribution in [-0.4, -0.2) is 61.1 Å². The zero-order valence-corrected chi connectivity index (χ0v) is 22.0. The fourth-order valence-corrected chi connectivity index (χ4v) is 4.90. The van der Waals surface area contributed by atoms with Crippen LogP contribution < -0.4 is 21.7 Å². The van der Waals surface area contributed by atoms with Crippen molar-refractivity contribution in [2.24, 2.45) is 5.92 Å². The number of carbonyl (C=O) groups is 4. The standard InChI is InChI=1S/C27H31F2N5O6/c1-14(40-27(38)31-2)24(35)32-21(15-8-10-39-11-9-15)26(37)34-13-16-6-7-17(30)12-18(16)23(34)25(36)33-22-19(28)4-3-5-20(22)29/h3-7,12,14-15,21,23H,8-11,13,30H2,1-2H3,(H,31,38)(H,32,35)(H,33,36)/t14?,21?,23-/m0/s1. The average Bonchev–Trinajstić information content (AvgIpc) is 3.32. The Hall–Kier alpha value is -4.26. The molecule has 1 fully saturated rings. The summed E-state index contributed by atoms with van der Waals surface area (Å²) >= 11 is 0. The van der Waals surface area contributed by atoms with E-state index >= 15 is 0 Å². The van der Waals surface area contributed by atoms with Crippen LogP contribution in [0.3, 0.4) is 0 Å². The highest BCUT2D eigenvalue weighted by atomic mass is 19.1. The van der Waals surface area contributed by atoms with Crippen LogP contribution in [0.5, 0.6) is 0 Å². The van der Waals surface area contributed by atoms with E-state index in [0.29, 0.717) is 42.9 Å². The number of nitrogen functional groups attached to an aromatic ring is 1. The van der Waals surface area contributed by atoms with Gasteiger partial charge in [0.05, 0.1) is 0 Å². The summed E-state index contributed by atoms with van der Waals surface area (Å²) in [7, 11) is 1.34. The van der Waals surface area contributed by atoms with Crippen LogP contribution in [0.1, 0.15) is 36.9 Å². The van der Waals surface area contributed by atoms with Crippen LogP contribution in [0, 0.1) is 17.6 Å². The molecule has 0 spiro atoms. The minimum atomic E-state index is -1.29. The molecule has 214 valence electrons. The van der Waals surface area contributed by atoms with Gasteiger partial charge in [0.25, 0.3) is 11.8 Å². The number of ether oxygens (including phenoxy) is 2. The van der Waals surface area contributed by atoms with Gasteiger partial charge in [-0.3, -0.25) is 14.4 Å². The van der Waals surface area contributed by atoms with E-state index in [1.165, 1.54) is 24.9 Å². The Balaban J connectivity index is 1.66. The quantitative estimate of drug-likeness (QED) is 0.380. The van der Waals surface area contributed by atoms with Crippen molar-refractivity contribution < 1.29 is 37.4 Å². The Morgan fingerprint density at radius 3 is 2.42 bits per heavy atom. The highest BCUT2D eigenvalue weighted by Gasteiger charge is 2.44. The smallest absolute Gasteiger partial charge is 0.407 e. The van der Waals surface area contributed by atoms with Crippen LogP contribution in [0.2, 0.25) is 0 Å². The largest absolute Gasteiger partial charge is 0.436 e. The van der Waals surface area contributed by atoms with Gasteiger partial charge in [-0.15, -0.1) is 0 Å². The van der Waals surface area contributed by atoms with Gasteiger partial charge in [-0.1, -0.05) is 12.1 Å². The first-order valence-electron chi connectivity index (χ1n) is 12.8. The minimum Gasteiger partial charge on any atom is -0.436 e. The Kier molecular flexibility index (Phi) is 8.83. The van der Waals surface area contributed by atoms with Gasteiger partial charge < -0.3 is 36.1 Å². The molecule has 1 saturated heterocycles. The maximum absolute atomic E-state index is 14.4. The third-order valence-electron chi connectivity index (χ3n) is 7.02. The lowest BCUT2D eigenvalue weighted by atomic mass is 9.90. The first-order chi connectivity index (χ1) is 19.1. The summed E-state index contributed by atoms with van der Waals surface area (Å²) in [6.07, 6.45) is -1.13. The molecule has 0 aliphatic carbocycles. The second-order valence-corrected chi connectivity index (χ2v) is 9.65. The first kappa shape index (κ1) is 28.7. The Morgan fingerprint density at radius 1 is 1.10 bits per heavy atom. The molecule has 0 bridgehead atoms. The number of rotatable bonds is 7.